The number of nitrogens with one attached hydrogen (secondary N) is 1. The summed E-state index contributed by atoms with van der Waals surface area (Å²) in [4.78, 5) is 32.8. The van der Waals surface area contributed by atoms with Crippen LogP contribution in [0.15, 0.2) is 59.0 Å². The number of piperazine rings is 1. The molecule has 0 aromatic heterocycles. The fourth-order valence-corrected chi connectivity index (χ4v) is 5.80. The molecule has 1 aliphatic heterocycles. The van der Waals surface area contributed by atoms with E-state index in [2.05, 4.69) is 11.4 Å². The molecular formula is C26H33N3O7S. The normalized spacial score (nSPS) is 16.4. The van der Waals surface area contributed by atoms with E-state index in [4.69, 9.17) is 19.8 Å². The Morgan fingerprint density at radius 2 is 1.57 bits per heavy atom. The average molecular weight is 532 g/mol. The number of carboxylic acids is 2. The highest BCUT2D eigenvalue weighted by Gasteiger charge is 2.30. The van der Waals surface area contributed by atoms with Crippen LogP contribution in [0.5, 0.6) is 0 Å². The molecule has 1 fully saturated rings. The number of carboxylic acid groups (broad SMARTS) is 2. The maximum atomic E-state index is 13.1. The standard InChI is InChI=1S/C24H31N3O3S.C2H2O4/c28-24(19-25-13-12-20-6-2-1-3-7-20)26-14-16-27(17-15-26)31(29,30)23-11-10-21-8-4-5-9-22(21)18-23;3-1(4)2(5)6/h4-6,8-11,18,25H,1-3,7,12-17,19H2;(H,3,4)(H,5,6). The Morgan fingerprint density at radius 3 is 2.19 bits per heavy atom. The Hall–Kier alpha value is -3.28. The molecular weight excluding hydrogens is 498 g/mol. The van der Waals surface area contributed by atoms with Crippen molar-refractivity contribution in [3.8, 4) is 0 Å². The highest BCUT2D eigenvalue weighted by Crippen LogP contribution is 2.23. The van der Waals surface area contributed by atoms with Crippen LogP contribution in [0.2, 0.25) is 0 Å². The van der Waals surface area contributed by atoms with Gasteiger partial charge in [0.15, 0.2) is 0 Å². The van der Waals surface area contributed by atoms with E-state index in [0.29, 0.717) is 37.6 Å². The van der Waals surface area contributed by atoms with Gasteiger partial charge in [-0.3, -0.25) is 4.79 Å². The van der Waals surface area contributed by atoms with Crippen LogP contribution in [-0.2, 0) is 24.4 Å². The van der Waals surface area contributed by atoms with Crippen molar-refractivity contribution < 1.29 is 33.0 Å². The summed E-state index contributed by atoms with van der Waals surface area (Å²) in [5.41, 5.74) is 1.50. The molecule has 11 heteroatoms. The quantitative estimate of drug-likeness (QED) is 0.280. The van der Waals surface area contributed by atoms with Crippen LogP contribution in [0.25, 0.3) is 10.8 Å². The summed E-state index contributed by atoms with van der Waals surface area (Å²) in [6, 6.07) is 13.0. The largest absolute Gasteiger partial charge is 0.473 e. The lowest BCUT2D eigenvalue weighted by Crippen LogP contribution is -2.52. The van der Waals surface area contributed by atoms with Gasteiger partial charge in [0.05, 0.1) is 11.4 Å². The van der Waals surface area contributed by atoms with Gasteiger partial charge in [-0.05, 0) is 61.6 Å². The van der Waals surface area contributed by atoms with Crippen molar-refractivity contribution in [3.63, 3.8) is 0 Å². The van der Waals surface area contributed by atoms with Crippen LogP contribution >= 0.6 is 0 Å². The van der Waals surface area contributed by atoms with Crippen molar-refractivity contribution in [3.05, 3.63) is 54.1 Å². The Labute approximate surface area is 216 Å². The molecule has 2 aromatic rings. The molecule has 2 aromatic carbocycles. The molecule has 3 N–H and O–H groups in total. The van der Waals surface area contributed by atoms with E-state index in [9.17, 15) is 13.2 Å². The predicted octanol–water partition coefficient (Wildman–Crippen LogP) is 2.31. The number of sulfonamides is 1. The topological polar surface area (TPSA) is 144 Å². The number of carbonyl (C=O) groups excluding carboxylic acids is 1. The van der Waals surface area contributed by atoms with Crippen molar-refractivity contribution in [2.45, 2.75) is 37.0 Å². The first-order valence-corrected chi connectivity index (χ1v) is 13.7. The average Bonchev–Trinajstić information content (AvgIpc) is 2.91. The van der Waals surface area contributed by atoms with E-state index in [0.717, 1.165) is 23.7 Å². The molecule has 0 radical (unpaired) electrons. The number of allylic oxidation sites excluding steroid dienone is 1. The van der Waals surface area contributed by atoms with E-state index in [1.165, 1.54) is 35.6 Å². The van der Waals surface area contributed by atoms with Gasteiger partial charge >= 0.3 is 11.9 Å². The fourth-order valence-electron chi connectivity index (χ4n) is 4.34. The minimum atomic E-state index is -3.56. The summed E-state index contributed by atoms with van der Waals surface area (Å²) in [6.07, 6.45) is 8.27. The number of nitrogens with zero attached hydrogens (tertiary/aromatic N) is 2. The molecule has 37 heavy (non-hydrogen) atoms. The van der Waals surface area contributed by atoms with Gasteiger partial charge in [0, 0.05) is 26.2 Å². The summed E-state index contributed by atoms with van der Waals surface area (Å²) < 4.78 is 27.6. The lowest BCUT2D eigenvalue weighted by atomic mass is 9.97. The smallest absolute Gasteiger partial charge is 0.414 e. The number of aliphatic carboxylic acids is 2. The summed E-state index contributed by atoms with van der Waals surface area (Å²) in [5.74, 6) is -3.61. The molecule has 0 unspecified atom stereocenters. The Morgan fingerprint density at radius 1 is 0.892 bits per heavy atom. The predicted molar refractivity (Wildman–Crippen MR) is 139 cm³/mol. The van der Waals surface area contributed by atoms with Crippen molar-refractivity contribution in [2.24, 2.45) is 0 Å². The molecule has 0 bridgehead atoms. The van der Waals surface area contributed by atoms with Crippen LogP contribution in [0.4, 0.5) is 0 Å². The SMILES string of the molecule is O=C(CNCCC1=CCCCC1)N1CCN(S(=O)(=O)c2ccc3ccccc3c2)CC1.O=C(O)C(=O)O. The number of carbonyl (C=O) groups is 3. The van der Waals surface area contributed by atoms with Gasteiger partial charge in [-0.1, -0.05) is 42.0 Å². The molecule has 0 saturated carbocycles. The van der Waals surface area contributed by atoms with Gasteiger partial charge < -0.3 is 20.4 Å². The van der Waals surface area contributed by atoms with Crippen LogP contribution in [-0.4, -0.2) is 85.0 Å². The van der Waals surface area contributed by atoms with E-state index in [-0.39, 0.29) is 5.91 Å². The van der Waals surface area contributed by atoms with E-state index in [1.54, 1.807) is 17.0 Å². The van der Waals surface area contributed by atoms with Gasteiger partial charge in [-0.15, -0.1) is 0 Å². The maximum Gasteiger partial charge on any atom is 0.414 e. The minimum absolute atomic E-state index is 0.0420. The zero-order valence-electron chi connectivity index (χ0n) is 20.6. The third kappa shape index (κ3) is 8.11. The van der Waals surface area contributed by atoms with Gasteiger partial charge in [0.1, 0.15) is 0 Å². The monoisotopic (exact) mass is 531 g/mol. The lowest BCUT2D eigenvalue weighted by molar-refractivity contribution is -0.159. The third-order valence-electron chi connectivity index (χ3n) is 6.42. The maximum absolute atomic E-state index is 13.1. The summed E-state index contributed by atoms with van der Waals surface area (Å²) in [5, 5.41) is 20.0. The first kappa shape index (κ1) is 28.3. The summed E-state index contributed by atoms with van der Waals surface area (Å²) in [7, 11) is -3.56. The zero-order valence-corrected chi connectivity index (χ0v) is 21.5. The van der Waals surface area contributed by atoms with Gasteiger partial charge in [-0.25, -0.2) is 18.0 Å². The van der Waals surface area contributed by atoms with Crippen LogP contribution in [0, 0.1) is 0 Å². The highest BCUT2D eigenvalue weighted by molar-refractivity contribution is 7.89. The first-order valence-electron chi connectivity index (χ1n) is 12.3. The van der Waals surface area contributed by atoms with Gasteiger partial charge in [0.2, 0.25) is 15.9 Å². The third-order valence-corrected chi connectivity index (χ3v) is 8.31. The lowest BCUT2D eigenvalue weighted by Gasteiger charge is -2.34. The molecule has 1 heterocycles. The number of fused-ring (bicyclic) bond motifs is 1. The molecule has 1 saturated heterocycles. The van der Waals surface area contributed by atoms with E-state index < -0.39 is 22.0 Å². The molecule has 4 rings (SSSR count). The Bertz CT molecular complexity index is 1240. The van der Waals surface area contributed by atoms with E-state index in [1.807, 2.05) is 30.3 Å². The molecule has 0 atom stereocenters. The van der Waals surface area contributed by atoms with Crippen LogP contribution in [0.1, 0.15) is 32.1 Å². The van der Waals surface area contributed by atoms with Gasteiger partial charge in [-0.2, -0.15) is 4.31 Å². The Balaban J connectivity index is 0.000000568. The Kier molecular flexibility index (Phi) is 10.2. The molecule has 0 spiro atoms. The first-order chi connectivity index (χ1) is 17.7. The minimum Gasteiger partial charge on any atom is -0.473 e. The second-order valence-electron chi connectivity index (χ2n) is 8.94. The molecule has 10 nitrogen and oxygen atoms in total. The van der Waals surface area contributed by atoms with Gasteiger partial charge in [0.25, 0.3) is 0 Å². The second-order valence-corrected chi connectivity index (χ2v) is 10.9. The zero-order chi connectivity index (χ0) is 26.8. The van der Waals surface area contributed by atoms with Crippen molar-refractivity contribution in [1.29, 1.82) is 0 Å². The molecule has 2 aliphatic rings. The molecule has 200 valence electrons. The number of rotatable bonds is 7. The summed E-state index contributed by atoms with van der Waals surface area (Å²) >= 11 is 0. The van der Waals surface area contributed by atoms with Crippen molar-refractivity contribution in [2.75, 3.05) is 39.3 Å². The number of amides is 1. The summed E-state index contributed by atoms with van der Waals surface area (Å²) in [6.45, 7) is 2.64. The van der Waals surface area contributed by atoms with E-state index >= 15 is 0 Å². The molecule has 1 amide bonds. The molecule has 1 aliphatic carbocycles. The van der Waals surface area contributed by atoms with Crippen LogP contribution < -0.4 is 5.32 Å². The number of hydrogen-bond acceptors (Lipinski definition) is 6. The highest BCUT2D eigenvalue weighted by atomic mass is 32.2. The number of benzene rings is 2. The fraction of sp³-hybridized carbons (Fsp3) is 0.423. The van der Waals surface area contributed by atoms with Crippen molar-refractivity contribution in [1.82, 2.24) is 14.5 Å². The number of hydrogen-bond donors (Lipinski definition) is 3. The second kappa shape index (κ2) is 13.3. The van der Waals surface area contributed by atoms with Crippen molar-refractivity contribution >= 4 is 38.6 Å². The van der Waals surface area contributed by atoms with Crippen LogP contribution in [0.3, 0.4) is 0 Å².